The molecule has 0 bridgehead atoms. The molecule has 0 aromatic carbocycles. The molecule has 2 aromatic rings. The summed E-state index contributed by atoms with van der Waals surface area (Å²) in [6, 6.07) is 2.50. The van der Waals surface area contributed by atoms with Gasteiger partial charge in [-0.2, -0.15) is 18.3 Å². The van der Waals surface area contributed by atoms with Crippen LogP contribution in [0.1, 0.15) is 22.4 Å². The Bertz CT molecular complexity index is 999. The molecule has 2 aromatic heterocycles. The van der Waals surface area contributed by atoms with Crippen molar-refractivity contribution in [1.82, 2.24) is 30.8 Å². The lowest BCUT2D eigenvalue weighted by atomic mass is 10.1. The van der Waals surface area contributed by atoms with Gasteiger partial charge in [0.2, 0.25) is 0 Å². The maximum absolute atomic E-state index is 12.8. The molecule has 0 unspecified atom stereocenters. The summed E-state index contributed by atoms with van der Waals surface area (Å²) in [5.41, 5.74) is 5.17. The van der Waals surface area contributed by atoms with Crippen molar-refractivity contribution in [3.05, 3.63) is 40.7 Å². The van der Waals surface area contributed by atoms with E-state index in [1.807, 2.05) is 37.9 Å². The normalized spacial score (nSPS) is 17.6. The number of pyridine rings is 1. The summed E-state index contributed by atoms with van der Waals surface area (Å²) in [4.78, 5) is 8.15. The van der Waals surface area contributed by atoms with Crippen LogP contribution in [0, 0.1) is 13.8 Å². The molecule has 2 aliphatic rings. The molecule has 1 saturated heterocycles. The number of amidine groups is 1. The van der Waals surface area contributed by atoms with Gasteiger partial charge in [0.1, 0.15) is 11.7 Å². The van der Waals surface area contributed by atoms with E-state index >= 15 is 0 Å². The number of likely N-dealkylation sites (N-methyl/N-ethyl adjacent to an activating group) is 1. The van der Waals surface area contributed by atoms with Crippen LogP contribution in [-0.4, -0.2) is 71.4 Å². The first-order valence-corrected chi connectivity index (χ1v) is 10.3. The fraction of sp³-hybridized carbons (Fsp3) is 0.500. The van der Waals surface area contributed by atoms with E-state index < -0.39 is 11.7 Å². The standard InChI is InChI=1S/C20H26F3N9/c1-13-14(2)19(27-25-16(13)11-18-26-28-30(4)29(18)3)32-9-7-31(8-10-32)17-6-5-15(12-24-17)20(21,22)23/h5-6,12,28H,7-11H2,1-4H3. The third kappa shape index (κ3) is 4.27. The number of hydrazone groups is 1. The van der Waals surface area contributed by atoms with Gasteiger partial charge in [-0.1, -0.05) is 0 Å². The van der Waals surface area contributed by atoms with Crippen molar-refractivity contribution >= 4 is 17.5 Å². The van der Waals surface area contributed by atoms with Gasteiger partial charge in [0.15, 0.2) is 5.82 Å². The molecule has 32 heavy (non-hydrogen) atoms. The molecule has 2 aliphatic heterocycles. The maximum Gasteiger partial charge on any atom is 0.417 e. The van der Waals surface area contributed by atoms with Gasteiger partial charge in [-0.15, -0.1) is 15.3 Å². The highest BCUT2D eigenvalue weighted by Gasteiger charge is 2.31. The monoisotopic (exact) mass is 449 g/mol. The quantitative estimate of drug-likeness (QED) is 0.760. The number of alkyl halides is 3. The van der Waals surface area contributed by atoms with Crippen LogP contribution in [0.5, 0.6) is 0 Å². The fourth-order valence-corrected chi connectivity index (χ4v) is 3.74. The molecule has 0 atom stereocenters. The van der Waals surface area contributed by atoms with Crippen molar-refractivity contribution in [2.24, 2.45) is 5.10 Å². The van der Waals surface area contributed by atoms with Crippen LogP contribution in [0.2, 0.25) is 0 Å². The van der Waals surface area contributed by atoms with Gasteiger partial charge in [0.25, 0.3) is 0 Å². The smallest absolute Gasteiger partial charge is 0.353 e. The number of halogens is 3. The van der Waals surface area contributed by atoms with E-state index in [4.69, 9.17) is 0 Å². The fourth-order valence-electron chi connectivity index (χ4n) is 3.74. The summed E-state index contributed by atoms with van der Waals surface area (Å²) in [5, 5.41) is 17.0. The second-order valence-corrected chi connectivity index (χ2v) is 7.95. The first-order chi connectivity index (χ1) is 15.1. The summed E-state index contributed by atoms with van der Waals surface area (Å²) in [5.74, 6) is 2.24. The van der Waals surface area contributed by atoms with Crippen LogP contribution in [0.25, 0.3) is 0 Å². The van der Waals surface area contributed by atoms with Gasteiger partial charge < -0.3 is 9.80 Å². The van der Waals surface area contributed by atoms with Crippen molar-refractivity contribution in [3.8, 4) is 0 Å². The third-order valence-electron chi connectivity index (χ3n) is 6.05. The Hall–Kier alpha value is -3.15. The predicted octanol–water partition coefficient (Wildman–Crippen LogP) is 1.99. The average Bonchev–Trinajstić information content (AvgIpc) is 3.09. The van der Waals surface area contributed by atoms with Crippen LogP contribution in [0.15, 0.2) is 23.4 Å². The molecule has 4 heterocycles. The van der Waals surface area contributed by atoms with Crippen LogP contribution in [-0.2, 0) is 12.6 Å². The van der Waals surface area contributed by atoms with Crippen molar-refractivity contribution in [2.45, 2.75) is 26.4 Å². The largest absolute Gasteiger partial charge is 0.417 e. The van der Waals surface area contributed by atoms with E-state index in [-0.39, 0.29) is 0 Å². The highest BCUT2D eigenvalue weighted by molar-refractivity contribution is 5.84. The number of anilines is 2. The van der Waals surface area contributed by atoms with Gasteiger partial charge in [0.05, 0.1) is 17.7 Å². The Morgan fingerprint density at radius 2 is 1.66 bits per heavy atom. The lowest BCUT2D eigenvalue weighted by Gasteiger charge is -2.36. The number of rotatable bonds is 4. The predicted molar refractivity (Wildman–Crippen MR) is 115 cm³/mol. The zero-order valence-electron chi connectivity index (χ0n) is 18.5. The summed E-state index contributed by atoms with van der Waals surface area (Å²) in [6.45, 7) is 6.72. The molecule has 9 nitrogen and oxygen atoms in total. The van der Waals surface area contributed by atoms with Gasteiger partial charge >= 0.3 is 6.18 Å². The second-order valence-electron chi connectivity index (χ2n) is 7.95. The molecule has 12 heteroatoms. The molecule has 0 spiro atoms. The van der Waals surface area contributed by atoms with Crippen LogP contribution < -0.4 is 15.3 Å². The van der Waals surface area contributed by atoms with E-state index in [1.165, 1.54) is 6.07 Å². The SMILES string of the molecule is Cc1c(CC2=NNN(C)N2C)nnc(N2CCN(c3ccc(C(F)(F)F)cn3)CC2)c1C. The number of nitrogens with one attached hydrogen (secondary N) is 1. The first kappa shape index (κ1) is 22.1. The number of piperazine rings is 1. The zero-order valence-corrected chi connectivity index (χ0v) is 18.5. The minimum Gasteiger partial charge on any atom is -0.353 e. The topological polar surface area (TPSA) is 76.0 Å². The van der Waals surface area contributed by atoms with Crippen LogP contribution in [0.3, 0.4) is 0 Å². The summed E-state index contributed by atoms with van der Waals surface area (Å²) in [7, 11) is 3.80. The Morgan fingerprint density at radius 3 is 2.22 bits per heavy atom. The highest BCUT2D eigenvalue weighted by atomic mass is 19.4. The van der Waals surface area contributed by atoms with Crippen molar-refractivity contribution < 1.29 is 13.2 Å². The molecule has 0 saturated carbocycles. The number of hydrogen-bond acceptors (Lipinski definition) is 9. The number of hydrogen-bond donors (Lipinski definition) is 1. The molecule has 1 N–H and O–H groups in total. The number of aromatic nitrogens is 3. The van der Waals surface area contributed by atoms with Crippen molar-refractivity contribution in [1.29, 1.82) is 0 Å². The van der Waals surface area contributed by atoms with Crippen molar-refractivity contribution in [3.63, 3.8) is 0 Å². The Kier molecular flexibility index (Phi) is 5.80. The molecule has 0 aliphatic carbocycles. The van der Waals surface area contributed by atoms with E-state index in [1.54, 1.807) is 5.12 Å². The van der Waals surface area contributed by atoms with Gasteiger partial charge in [-0.3, -0.25) is 5.01 Å². The van der Waals surface area contributed by atoms with Gasteiger partial charge in [-0.05, 0) is 37.1 Å². The van der Waals surface area contributed by atoms with Gasteiger partial charge in [0, 0.05) is 46.5 Å². The number of nitrogens with zero attached hydrogens (tertiary/aromatic N) is 8. The highest BCUT2D eigenvalue weighted by Crippen LogP contribution is 2.30. The lowest BCUT2D eigenvalue weighted by Crippen LogP contribution is -2.47. The number of hydrazine groups is 2. The van der Waals surface area contributed by atoms with Crippen LogP contribution >= 0.6 is 0 Å². The van der Waals surface area contributed by atoms with E-state index in [9.17, 15) is 13.2 Å². The van der Waals surface area contributed by atoms with Crippen LogP contribution in [0.4, 0.5) is 24.8 Å². The van der Waals surface area contributed by atoms with E-state index in [2.05, 4.69) is 30.7 Å². The molecule has 0 radical (unpaired) electrons. The summed E-state index contributed by atoms with van der Waals surface area (Å²) >= 11 is 0. The molecule has 172 valence electrons. The second kappa shape index (κ2) is 8.41. The average molecular weight is 449 g/mol. The molecular formula is C20H26F3N9. The lowest BCUT2D eigenvalue weighted by molar-refractivity contribution is -0.137. The Balaban J connectivity index is 1.42. The van der Waals surface area contributed by atoms with Gasteiger partial charge in [-0.25, -0.2) is 10.5 Å². The molecule has 4 rings (SSSR count). The first-order valence-electron chi connectivity index (χ1n) is 10.3. The molecule has 1 fully saturated rings. The third-order valence-corrected chi connectivity index (χ3v) is 6.05. The van der Waals surface area contributed by atoms with E-state index in [0.717, 1.165) is 40.7 Å². The van der Waals surface area contributed by atoms with Crippen molar-refractivity contribution in [2.75, 3.05) is 50.1 Å². The molecule has 0 amide bonds. The van der Waals surface area contributed by atoms with E-state index in [0.29, 0.717) is 38.4 Å². The minimum atomic E-state index is -4.38. The zero-order chi connectivity index (χ0) is 23.0. The Labute approximate surface area is 184 Å². The minimum absolute atomic E-state index is 0.548. The Morgan fingerprint density at radius 1 is 0.969 bits per heavy atom. The maximum atomic E-state index is 12.8. The molecular weight excluding hydrogens is 423 g/mol. The summed E-state index contributed by atoms with van der Waals surface area (Å²) in [6.07, 6.45) is -2.92. The summed E-state index contributed by atoms with van der Waals surface area (Å²) < 4.78 is 38.3.